The standard InChI is InChI=1S/C7H10N4O2/c8-6(9)5-1-2-10-7(11-5)13-4-3-12/h1-2,12H,3-4H2,(H3,8,9). The zero-order valence-electron chi connectivity index (χ0n) is 6.90. The lowest BCUT2D eigenvalue weighted by Gasteiger charge is -2.02. The van der Waals surface area contributed by atoms with Gasteiger partial charge in [-0.25, -0.2) is 4.98 Å². The fourth-order valence-electron chi connectivity index (χ4n) is 0.697. The molecule has 70 valence electrons. The zero-order valence-corrected chi connectivity index (χ0v) is 6.90. The van der Waals surface area contributed by atoms with Gasteiger partial charge in [-0.1, -0.05) is 0 Å². The van der Waals surface area contributed by atoms with Crippen LogP contribution in [0.1, 0.15) is 5.69 Å². The summed E-state index contributed by atoms with van der Waals surface area (Å²) in [6.45, 7) is 0.0228. The number of hydrogen-bond donors (Lipinski definition) is 3. The predicted molar refractivity (Wildman–Crippen MR) is 45.6 cm³/mol. The smallest absolute Gasteiger partial charge is 0.317 e. The van der Waals surface area contributed by atoms with E-state index in [1.54, 1.807) is 0 Å². The maximum atomic E-state index is 8.46. The number of hydrogen-bond acceptors (Lipinski definition) is 5. The Bertz CT molecular complexity index is 302. The Hall–Kier alpha value is -1.69. The van der Waals surface area contributed by atoms with Gasteiger partial charge in [0.1, 0.15) is 18.1 Å². The van der Waals surface area contributed by atoms with E-state index in [0.717, 1.165) is 0 Å². The van der Waals surface area contributed by atoms with Gasteiger partial charge in [0.2, 0.25) is 0 Å². The molecular formula is C7H10N4O2. The lowest BCUT2D eigenvalue weighted by molar-refractivity contribution is 0.191. The summed E-state index contributed by atoms with van der Waals surface area (Å²) < 4.78 is 4.92. The Morgan fingerprint density at radius 1 is 1.69 bits per heavy atom. The van der Waals surface area contributed by atoms with E-state index in [4.69, 9.17) is 21.0 Å². The van der Waals surface area contributed by atoms with E-state index >= 15 is 0 Å². The summed E-state index contributed by atoms with van der Waals surface area (Å²) in [6.07, 6.45) is 1.44. The van der Waals surface area contributed by atoms with Crippen molar-refractivity contribution in [3.63, 3.8) is 0 Å². The first-order chi connectivity index (χ1) is 6.24. The van der Waals surface area contributed by atoms with Crippen LogP contribution in [0.3, 0.4) is 0 Å². The number of nitrogens with two attached hydrogens (primary N) is 1. The largest absolute Gasteiger partial charge is 0.461 e. The minimum absolute atomic E-state index is 0.104. The van der Waals surface area contributed by atoms with Crippen LogP contribution >= 0.6 is 0 Å². The van der Waals surface area contributed by atoms with E-state index in [2.05, 4.69) is 9.97 Å². The van der Waals surface area contributed by atoms with E-state index in [9.17, 15) is 0 Å². The molecule has 1 rings (SSSR count). The minimum atomic E-state index is -0.142. The van der Waals surface area contributed by atoms with Crippen LogP contribution in [0, 0.1) is 5.41 Å². The second-order valence-electron chi connectivity index (χ2n) is 2.21. The normalized spacial score (nSPS) is 9.62. The van der Waals surface area contributed by atoms with Gasteiger partial charge >= 0.3 is 6.01 Å². The van der Waals surface area contributed by atoms with Crippen molar-refractivity contribution in [2.24, 2.45) is 5.73 Å². The molecule has 6 nitrogen and oxygen atoms in total. The van der Waals surface area contributed by atoms with Crippen molar-refractivity contribution in [1.29, 1.82) is 5.41 Å². The Balaban J connectivity index is 2.73. The zero-order chi connectivity index (χ0) is 9.68. The number of amidine groups is 1. The molecule has 0 atom stereocenters. The minimum Gasteiger partial charge on any atom is -0.461 e. The summed E-state index contributed by atoms with van der Waals surface area (Å²) in [6, 6.07) is 1.62. The molecule has 0 radical (unpaired) electrons. The molecule has 0 bridgehead atoms. The van der Waals surface area contributed by atoms with E-state index in [1.807, 2.05) is 0 Å². The molecule has 0 aliphatic heterocycles. The highest BCUT2D eigenvalue weighted by Crippen LogP contribution is 2.01. The van der Waals surface area contributed by atoms with Crippen LogP contribution in [0.25, 0.3) is 0 Å². The maximum absolute atomic E-state index is 8.46. The molecule has 13 heavy (non-hydrogen) atoms. The molecule has 0 amide bonds. The summed E-state index contributed by atoms with van der Waals surface area (Å²) in [5.74, 6) is -0.142. The highest BCUT2D eigenvalue weighted by molar-refractivity contribution is 5.92. The van der Waals surface area contributed by atoms with Crippen LogP contribution in [0.5, 0.6) is 6.01 Å². The third-order valence-corrected chi connectivity index (χ3v) is 1.23. The van der Waals surface area contributed by atoms with Gasteiger partial charge in [0.25, 0.3) is 0 Å². The summed E-state index contributed by atoms with van der Waals surface area (Å²) in [7, 11) is 0. The van der Waals surface area contributed by atoms with Crippen molar-refractivity contribution in [3.05, 3.63) is 18.0 Å². The third kappa shape index (κ3) is 2.68. The summed E-state index contributed by atoms with van der Waals surface area (Å²) in [5, 5.41) is 15.6. The number of nitrogen functional groups attached to an aromatic ring is 1. The van der Waals surface area contributed by atoms with Crippen LogP contribution in [-0.4, -0.2) is 34.1 Å². The number of aliphatic hydroxyl groups excluding tert-OH is 1. The fourth-order valence-corrected chi connectivity index (χ4v) is 0.697. The Morgan fingerprint density at radius 2 is 2.46 bits per heavy atom. The Labute approximate surface area is 74.9 Å². The van der Waals surface area contributed by atoms with Crippen molar-refractivity contribution in [2.75, 3.05) is 13.2 Å². The molecule has 1 aromatic rings. The Kier molecular flexibility index (Phi) is 3.15. The van der Waals surface area contributed by atoms with Gasteiger partial charge < -0.3 is 15.6 Å². The molecule has 0 fully saturated rings. The molecule has 0 aromatic carbocycles. The SMILES string of the molecule is N=C(N)c1ccnc(OCCO)n1. The number of ether oxygens (including phenoxy) is 1. The maximum Gasteiger partial charge on any atom is 0.317 e. The number of aliphatic hydroxyl groups is 1. The van der Waals surface area contributed by atoms with Gasteiger partial charge in [0, 0.05) is 6.20 Å². The molecule has 0 aliphatic rings. The highest BCUT2D eigenvalue weighted by Gasteiger charge is 2.01. The van der Waals surface area contributed by atoms with Crippen molar-refractivity contribution in [2.45, 2.75) is 0 Å². The summed E-state index contributed by atoms with van der Waals surface area (Å²) in [4.78, 5) is 7.58. The van der Waals surface area contributed by atoms with Gasteiger partial charge in [-0.3, -0.25) is 5.41 Å². The molecule has 0 spiro atoms. The average molecular weight is 182 g/mol. The molecule has 4 N–H and O–H groups in total. The van der Waals surface area contributed by atoms with Gasteiger partial charge in [-0.15, -0.1) is 0 Å². The van der Waals surface area contributed by atoms with Crippen molar-refractivity contribution >= 4 is 5.84 Å². The summed E-state index contributed by atoms with van der Waals surface area (Å²) >= 11 is 0. The van der Waals surface area contributed by atoms with Crippen LogP contribution in [-0.2, 0) is 0 Å². The quantitative estimate of drug-likeness (QED) is 0.414. The van der Waals surface area contributed by atoms with E-state index in [0.29, 0.717) is 5.69 Å². The lowest BCUT2D eigenvalue weighted by atomic mass is 10.4. The van der Waals surface area contributed by atoms with Crippen LogP contribution < -0.4 is 10.5 Å². The molecule has 0 unspecified atom stereocenters. The summed E-state index contributed by atoms with van der Waals surface area (Å²) in [5.41, 5.74) is 5.51. The van der Waals surface area contributed by atoms with Crippen molar-refractivity contribution in [1.82, 2.24) is 9.97 Å². The molecular weight excluding hydrogens is 172 g/mol. The topological polar surface area (TPSA) is 105 Å². The molecule has 6 heteroatoms. The van der Waals surface area contributed by atoms with E-state index in [1.165, 1.54) is 12.3 Å². The molecule has 0 aliphatic carbocycles. The van der Waals surface area contributed by atoms with Crippen LogP contribution in [0.15, 0.2) is 12.3 Å². The van der Waals surface area contributed by atoms with Crippen molar-refractivity contribution < 1.29 is 9.84 Å². The molecule has 0 saturated carbocycles. The van der Waals surface area contributed by atoms with E-state index < -0.39 is 0 Å². The van der Waals surface area contributed by atoms with Crippen LogP contribution in [0.2, 0.25) is 0 Å². The monoisotopic (exact) mass is 182 g/mol. The predicted octanol–water partition coefficient (Wildman–Crippen LogP) is -0.868. The molecule has 1 heterocycles. The van der Waals surface area contributed by atoms with Crippen LogP contribution in [0.4, 0.5) is 0 Å². The number of rotatable bonds is 4. The number of nitrogens with zero attached hydrogens (tertiary/aromatic N) is 2. The number of aromatic nitrogens is 2. The van der Waals surface area contributed by atoms with Gasteiger partial charge in [0.05, 0.1) is 6.61 Å². The van der Waals surface area contributed by atoms with Gasteiger partial charge in [-0.05, 0) is 6.07 Å². The lowest BCUT2D eigenvalue weighted by Crippen LogP contribution is -2.14. The Morgan fingerprint density at radius 3 is 3.08 bits per heavy atom. The first kappa shape index (κ1) is 9.40. The second kappa shape index (κ2) is 4.36. The first-order valence-electron chi connectivity index (χ1n) is 3.65. The second-order valence-corrected chi connectivity index (χ2v) is 2.21. The first-order valence-corrected chi connectivity index (χ1v) is 3.65. The van der Waals surface area contributed by atoms with Crippen molar-refractivity contribution in [3.8, 4) is 6.01 Å². The highest BCUT2D eigenvalue weighted by atomic mass is 16.5. The van der Waals surface area contributed by atoms with Gasteiger partial charge in [-0.2, -0.15) is 4.98 Å². The van der Waals surface area contributed by atoms with Gasteiger partial charge in [0.15, 0.2) is 0 Å². The van der Waals surface area contributed by atoms with E-state index in [-0.39, 0.29) is 25.1 Å². The number of nitrogens with one attached hydrogen (secondary N) is 1. The fraction of sp³-hybridized carbons (Fsp3) is 0.286. The molecule has 1 aromatic heterocycles. The molecule has 0 saturated heterocycles. The average Bonchev–Trinajstić information content (AvgIpc) is 2.15. The third-order valence-electron chi connectivity index (χ3n) is 1.23.